The number of rotatable bonds is 10. The minimum Gasteiger partial charge on any atom is -0.369 e. The van der Waals surface area contributed by atoms with Gasteiger partial charge in [-0.25, -0.2) is 0 Å². The van der Waals surface area contributed by atoms with Crippen molar-refractivity contribution in [2.75, 3.05) is 32.7 Å². The quantitative estimate of drug-likeness (QED) is 0.194. The number of carbonyl (C=O) groups excluding carboxylic acids is 1. The van der Waals surface area contributed by atoms with Crippen molar-refractivity contribution in [3.05, 3.63) is 0 Å². The number of amides is 1. The van der Waals surface area contributed by atoms with Gasteiger partial charge < -0.3 is 21.3 Å². The van der Waals surface area contributed by atoms with Crippen LogP contribution in [0.5, 0.6) is 0 Å². The average Bonchev–Trinajstić information content (AvgIpc) is 2.57. The molecule has 2 atom stereocenters. The van der Waals surface area contributed by atoms with Crippen molar-refractivity contribution in [1.82, 2.24) is 15.5 Å². The lowest BCUT2D eigenvalue weighted by molar-refractivity contribution is -0.123. The van der Waals surface area contributed by atoms with Gasteiger partial charge >= 0.3 is 0 Å². The Hall–Kier alpha value is -0.570. The number of likely N-dealkylation sites (tertiary alicyclic amines) is 1. The molecule has 1 saturated heterocycles. The second-order valence-corrected chi connectivity index (χ2v) is 7.67. The number of primary amides is 1. The Morgan fingerprint density at radius 1 is 1.31 bits per heavy atom. The number of guanidine groups is 1. The van der Waals surface area contributed by atoms with Crippen molar-refractivity contribution in [3.8, 4) is 0 Å². The lowest BCUT2D eigenvalue weighted by Gasteiger charge is -2.30. The number of nitrogens with two attached hydrogens (primary N) is 1. The van der Waals surface area contributed by atoms with Crippen LogP contribution in [0.15, 0.2) is 4.99 Å². The molecule has 1 heterocycles. The molecule has 1 aliphatic heterocycles. The third kappa shape index (κ3) is 11.2. The van der Waals surface area contributed by atoms with Gasteiger partial charge in [-0.05, 0) is 65.0 Å². The fourth-order valence-electron chi connectivity index (χ4n) is 3.18. The van der Waals surface area contributed by atoms with Crippen LogP contribution < -0.4 is 16.4 Å². The number of nitrogens with one attached hydrogen (secondary N) is 2. The molecule has 1 amide bonds. The van der Waals surface area contributed by atoms with Crippen LogP contribution in [-0.2, 0) is 4.79 Å². The summed E-state index contributed by atoms with van der Waals surface area (Å²) < 4.78 is 0. The first kappa shape index (κ1) is 25.4. The summed E-state index contributed by atoms with van der Waals surface area (Å²) >= 11 is 0. The summed E-state index contributed by atoms with van der Waals surface area (Å²) in [5.74, 6) is 1.51. The molecule has 0 aromatic rings. The second kappa shape index (κ2) is 14.5. The van der Waals surface area contributed by atoms with Gasteiger partial charge in [-0.1, -0.05) is 13.8 Å². The van der Waals surface area contributed by atoms with Crippen molar-refractivity contribution < 1.29 is 4.79 Å². The highest BCUT2D eigenvalue weighted by molar-refractivity contribution is 14.0. The topological polar surface area (TPSA) is 82.8 Å². The van der Waals surface area contributed by atoms with E-state index in [2.05, 4.69) is 43.2 Å². The van der Waals surface area contributed by atoms with E-state index < -0.39 is 0 Å². The van der Waals surface area contributed by atoms with Gasteiger partial charge in [0.15, 0.2) is 5.96 Å². The Kier molecular flexibility index (Phi) is 14.2. The molecule has 7 heteroatoms. The molecule has 0 aromatic carbocycles. The monoisotopic (exact) mass is 481 g/mol. The Morgan fingerprint density at radius 3 is 2.65 bits per heavy atom. The summed E-state index contributed by atoms with van der Waals surface area (Å²) in [6.45, 7) is 13.3. The predicted octanol–water partition coefficient (Wildman–Crippen LogP) is 2.57. The standard InChI is InChI=1S/C19H39N5O.HI/c1-5-21-19(23-16(4)10-9-15(2)3)22-11-7-13-24-12-6-8-17(14-24)18(20)25;/h15-17H,5-14H2,1-4H3,(H2,20,25)(H2,21,22,23);1H. The molecule has 1 aliphatic rings. The first-order valence-electron chi connectivity index (χ1n) is 9.98. The maximum Gasteiger partial charge on any atom is 0.221 e. The zero-order chi connectivity index (χ0) is 18.7. The molecular weight excluding hydrogens is 441 g/mol. The minimum atomic E-state index is -0.156. The van der Waals surface area contributed by atoms with Crippen LogP contribution in [0.1, 0.15) is 59.8 Å². The van der Waals surface area contributed by atoms with E-state index in [9.17, 15) is 4.79 Å². The molecule has 0 saturated carbocycles. The number of nitrogens with zero attached hydrogens (tertiary/aromatic N) is 2. The highest BCUT2D eigenvalue weighted by Gasteiger charge is 2.23. The van der Waals surface area contributed by atoms with Crippen molar-refractivity contribution >= 4 is 35.8 Å². The van der Waals surface area contributed by atoms with Gasteiger partial charge in [-0.15, -0.1) is 24.0 Å². The minimum absolute atomic E-state index is 0. The first-order chi connectivity index (χ1) is 11.9. The molecular formula is C19H40IN5O. The van der Waals surface area contributed by atoms with Crippen LogP contribution in [0.25, 0.3) is 0 Å². The average molecular weight is 481 g/mol. The van der Waals surface area contributed by atoms with Crippen LogP contribution >= 0.6 is 24.0 Å². The zero-order valence-corrected chi connectivity index (χ0v) is 19.4. The number of aliphatic imine (C=N–C) groups is 1. The molecule has 2 unspecified atom stereocenters. The number of halogens is 1. The largest absolute Gasteiger partial charge is 0.369 e. The molecule has 26 heavy (non-hydrogen) atoms. The molecule has 0 aromatic heterocycles. The highest BCUT2D eigenvalue weighted by Crippen LogP contribution is 2.16. The van der Waals surface area contributed by atoms with Crippen LogP contribution in [-0.4, -0.2) is 55.5 Å². The summed E-state index contributed by atoms with van der Waals surface area (Å²) in [7, 11) is 0. The Labute approximate surface area is 177 Å². The highest BCUT2D eigenvalue weighted by atomic mass is 127. The normalized spacial score (nSPS) is 19.7. The Balaban J connectivity index is 0.00000625. The molecule has 154 valence electrons. The fraction of sp³-hybridized carbons (Fsp3) is 0.895. The summed E-state index contributed by atoms with van der Waals surface area (Å²) in [6, 6.07) is 0.429. The first-order valence-corrected chi connectivity index (χ1v) is 9.98. The maximum absolute atomic E-state index is 11.3. The number of piperidine rings is 1. The second-order valence-electron chi connectivity index (χ2n) is 7.67. The van der Waals surface area contributed by atoms with E-state index in [1.807, 2.05) is 0 Å². The molecule has 1 rings (SSSR count). The lowest BCUT2D eigenvalue weighted by Crippen LogP contribution is -2.43. The molecule has 0 spiro atoms. The SMILES string of the molecule is CCNC(=NCCCN1CCCC(C(N)=O)C1)NC(C)CCC(C)C.I. The number of hydrogen-bond donors (Lipinski definition) is 3. The summed E-state index contributed by atoms with van der Waals surface area (Å²) in [5, 5.41) is 6.82. The van der Waals surface area contributed by atoms with Crippen molar-refractivity contribution in [3.63, 3.8) is 0 Å². The molecule has 0 aliphatic carbocycles. The third-order valence-corrected chi connectivity index (χ3v) is 4.71. The van der Waals surface area contributed by atoms with E-state index in [0.29, 0.717) is 6.04 Å². The molecule has 0 radical (unpaired) electrons. The van der Waals surface area contributed by atoms with E-state index >= 15 is 0 Å². The maximum atomic E-state index is 11.3. The summed E-state index contributed by atoms with van der Waals surface area (Å²) in [5.41, 5.74) is 5.44. The van der Waals surface area contributed by atoms with Crippen LogP contribution in [0.2, 0.25) is 0 Å². The van der Waals surface area contributed by atoms with Gasteiger partial charge in [0.05, 0.1) is 5.92 Å². The third-order valence-electron chi connectivity index (χ3n) is 4.71. The molecule has 1 fully saturated rings. The Bertz CT molecular complexity index is 417. The van der Waals surface area contributed by atoms with Crippen molar-refractivity contribution in [1.29, 1.82) is 0 Å². The van der Waals surface area contributed by atoms with E-state index in [4.69, 9.17) is 10.7 Å². The summed E-state index contributed by atoms with van der Waals surface area (Å²) in [6.07, 6.45) is 5.39. The Morgan fingerprint density at radius 2 is 2.04 bits per heavy atom. The lowest BCUT2D eigenvalue weighted by atomic mass is 9.97. The van der Waals surface area contributed by atoms with E-state index in [-0.39, 0.29) is 35.8 Å². The van der Waals surface area contributed by atoms with E-state index in [1.54, 1.807) is 0 Å². The van der Waals surface area contributed by atoms with Crippen molar-refractivity contribution in [2.24, 2.45) is 22.6 Å². The molecule has 6 nitrogen and oxygen atoms in total. The van der Waals surface area contributed by atoms with Crippen LogP contribution in [0.3, 0.4) is 0 Å². The number of carbonyl (C=O) groups is 1. The zero-order valence-electron chi connectivity index (χ0n) is 17.1. The molecule has 0 bridgehead atoms. The van der Waals surface area contributed by atoms with Gasteiger partial charge in [0.1, 0.15) is 0 Å². The van der Waals surface area contributed by atoms with Gasteiger partial charge in [-0.3, -0.25) is 9.79 Å². The van der Waals surface area contributed by atoms with Gasteiger partial charge in [-0.2, -0.15) is 0 Å². The predicted molar refractivity (Wildman–Crippen MR) is 121 cm³/mol. The van der Waals surface area contributed by atoms with E-state index in [1.165, 1.54) is 6.42 Å². The van der Waals surface area contributed by atoms with Crippen molar-refractivity contribution in [2.45, 2.75) is 65.8 Å². The van der Waals surface area contributed by atoms with Crippen LogP contribution in [0, 0.1) is 11.8 Å². The van der Waals surface area contributed by atoms with Gasteiger partial charge in [0.25, 0.3) is 0 Å². The smallest absolute Gasteiger partial charge is 0.221 e. The summed E-state index contributed by atoms with van der Waals surface area (Å²) in [4.78, 5) is 18.4. The van der Waals surface area contributed by atoms with E-state index in [0.717, 1.165) is 70.3 Å². The van der Waals surface area contributed by atoms with Gasteiger partial charge in [0, 0.05) is 25.7 Å². The number of hydrogen-bond acceptors (Lipinski definition) is 3. The fourth-order valence-corrected chi connectivity index (χ4v) is 3.18. The van der Waals surface area contributed by atoms with Crippen LogP contribution in [0.4, 0.5) is 0 Å². The van der Waals surface area contributed by atoms with Gasteiger partial charge in [0.2, 0.25) is 5.91 Å². The molecule has 4 N–H and O–H groups in total.